The Balaban J connectivity index is 0.00000225. The molecule has 2 fully saturated rings. The van der Waals surface area contributed by atoms with Crippen molar-refractivity contribution in [3.8, 4) is 0 Å². The van der Waals surface area contributed by atoms with Gasteiger partial charge in [0.1, 0.15) is 5.82 Å². The molecule has 0 atom stereocenters. The van der Waals surface area contributed by atoms with E-state index < -0.39 is 0 Å². The number of anilines is 1. The van der Waals surface area contributed by atoms with Gasteiger partial charge < -0.3 is 19.9 Å². The van der Waals surface area contributed by atoms with Crippen molar-refractivity contribution in [3.63, 3.8) is 0 Å². The lowest BCUT2D eigenvalue weighted by molar-refractivity contribution is 0.128. The average molecular weight is 462 g/mol. The SMILES string of the molecule is CN=C(NCCOCC1CC1)N1CCN(c2ccccc2F)CC1.I. The second-order valence-corrected chi connectivity index (χ2v) is 6.42. The first-order valence-electron chi connectivity index (χ1n) is 8.80. The summed E-state index contributed by atoms with van der Waals surface area (Å²) >= 11 is 0. The minimum Gasteiger partial charge on any atom is -0.379 e. The van der Waals surface area contributed by atoms with Gasteiger partial charge in [0.15, 0.2) is 5.96 Å². The van der Waals surface area contributed by atoms with Gasteiger partial charge in [-0.25, -0.2) is 4.39 Å². The zero-order chi connectivity index (χ0) is 16.8. The molecule has 1 heterocycles. The molecule has 25 heavy (non-hydrogen) atoms. The minimum absolute atomic E-state index is 0. The maximum absolute atomic E-state index is 13.9. The molecule has 0 unspecified atom stereocenters. The van der Waals surface area contributed by atoms with Crippen LogP contribution in [-0.2, 0) is 4.74 Å². The summed E-state index contributed by atoms with van der Waals surface area (Å²) in [5.74, 6) is 1.55. The van der Waals surface area contributed by atoms with E-state index in [9.17, 15) is 4.39 Å². The van der Waals surface area contributed by atoms with E-state index in [-0.39, 0.29) is 29.8 Å². The molecule has 0 aromatic heterocycles. The highest BCUT2D eigenvalue weighted by molar-refractivity contribution is 14.0. The third kappa shape index (κ3) is 5.99. The van der Waals surface area contributed by atoms with Gasteiger partial charge in [0, 0.05) is 46.4 Å². The molecule has 1 aromatic carbocycles. The number of nitrogens with one attached hydrogen (secondary N) is 1. The van der Waals surface area contributed by atoms with Crippen molar-refractivity contribution < 1.29 is 9.13 Å². The van der Waals surface area contributed by atoms with Gasteiger partial charge in [-0.1, -0.05) is 12.1 Å². The van der Waals surface area contributed by atoms with Crippen molar-refractivity contribution in [1.29, 1.82) is 0 Å². The fourth-order valence-corrected chi connectivity index (χ4v) is 2.97. The monoisotopic (exact) mass is 462 g/mol. The van der Waals surface area contributed by atoms with Crippen LogP contribution in [0.3, 0.4) is 0 Å². The molecule has 2 aliphatic rings. The van der Waals surface area contributed by atoms with E-state index in [1.54, 1.807) is 13.1 Å². The molecule has 0 spiro atoms. The van der Waals surface area contributed by atoms with Gasteiger partial charge in [0.05, 0.1) is 12.3 Å². The topological polar surface area (TPSA) is 40.1 Å². The van der Waals surface area contributed by atoms with E-state index in [1.165, 1.54) is 18.9 Å². The zero-order valence-corrected chi connectivity index (χ0v) is 17.1. The smallest absolute Gasteiger partial charge is 0.193 e. The molecular weight excluding hydrogens is 434 g/mol. The number of guanidine groups is 1. The fourth-order valence-electron chi connectivity index (χ4n) is 2.97. The Morgan fingerprint density at radius 3 is 2.60 bits per heavy atom. The molecule has 3 rings (SSSR count). The molecule has 1 aliphatic carbocycles. The number of benzene rings is 1. The Morgan fingerprint density at radius 2 is 1.96 bits per heavy atom. The number of halogens is 2. The van der Waals surface area contributed by atoms with Crippen LogP contribution < -0.4 is 10.2 Å². The molecule has 140 valence electrons. The highest BCUT2D eigenvalue weighted by atomic mass is 127. The molecule has 1 saturated carbocycles. The Bertz CT molecular complexity index is 560. The first-order chi connectivity index (χ1) is 11.8. The number of para-hydroxylation sites is 1. The summed E-state index contributed by atoms with van der Waals surface area (Å²) in [6, 6.07) is 6.97. The zero-order valence-electron chi connectivity index (χ0n) is 14.8. The van der Waals surface area contributed by atoms with Gasteiger partial charge in [-0.05, 0) is 30.9 Å². The summed E-state index contributed by atoms with van der Waals surface area (Å²) in [4.78, 5) is 8.67. The number of hydrogen-bond donors (Lipinski definition) is 1. The van der Waals surface area contributed by atoms with Crippen LogP contribution in [0, 0.1) is 11.7 Å². The van der Waals surface area contributed by atoms with E-state index in [2.05, 4.69) is 20.1 Å². The molecule has 0 bridgehead atoms. The Morgan fingerprint density at radius 1 is 1.24 bits per heavy atom. The van der Waals surface area contributed by atoms with Crippen molar-refractivity contribution >= 4 is 35.6 Å². The van der Waals surface area contributed by atoms with E-state index in [4.69, 9.17) is 4.74 Å². The fraction of sp³-hybridized carbons (Fsp3) is 0.611. The summed E-state index contributed by atoms with van der Waals surface area (Å²) in [7, 11) is 1.80. The Labute approximate surface area is 166 Å². The van der Waals surface area contributed by atoms with E-state index in [0.717, 1.165) is 51.2 Å². The van der Waals surface area contributed by atoms with Crippen LogP contribution in [-0.4, -0.2) is 63.8 Å². The quantitative estimate of drug-likeness (QED) is 0.306. The Kier molecular flexibility index (Phi) is 8.21. The largest absolute Gasteiger partial charge is 0.379 e. The maximum atomic E-state index is 13.9. The summed E-state index contributed by atoms with van der Waals surface area (Å²) < 4.78 is 19.5. The number of hydrogen-bond acceptors (Lipinski definition) is 3. The average Bonchev–Trinajstić information content (AvgIpc) is 3.43. The molecule has 1 saturated heterocycles. The first-order valence-corrected chi connectivity index (χ1v) is 8.80. The Hall–Kier alpha value is -1.09. The summed E-state index contributed by atoms with van der Waals surface area (Å²) in [5, 5.41) is 3.36. The van der Waals surface area contributed by atoms with Crippen molar-refractivity contribution in [2.75, 3.05) is 57.9 Å². The highest BCUT2D eigenvalue weighted by Crippen LogP contribution is 2.28. The lowest BCUT2D eigenvalue weighted by Gasteiger charge is -2.37. The predicted octanol–water partition coefficient (Wildman–Crippen LogP) is 2.57. The normalized spacial score (nSPS) is 18.1. The third-order valence-corrected chi connectivity index (χ3v) is 4.56. The summed E-state index contributed by atoms with van der Waals surface area (Å²) in [6.07, 6.45) is 2.64. The van der Waals surface area contributed by atoms with Crippen LogP contribution in [0.1, 0.15) is 12.8 Å². The van der Waals surface area contributed by atoms with Gasteiger partial charge in [-0.3, -0.25) is 4.99 Å². The van der Waals surface area contributed by atoms with Gasteiger partial charge in [0.25, 0.3) is 0 Å². The molecule has 0 radical (unpaired) electrons. The first kappa shape index (κ1) is 20.2. The van der Waals surface area contributed by atoms with Gasteiger partial charge >= 0.3 is 0 Å². The summed E-state index contributed by atoms with van der Waals surface area (Å²) in [5.41, 5.74) is 0.688. The lowest BCUT2D eigenvalue weighted by atomic mass is 10.2. The van der Waals surface area contributed by atoms with E-state index in [1.807, 2.05) is 12.1 Å². The number of aliphatic imine (C=N–C) groups is 1. The van der Waals surface area contributed by atoms with E-state index >= 15 is 0 Å². The van der Waals surface area contributed by atoms with Crippen LogP contribution in [0.25, 0.3) is 0 Å². The van der Waals surface area contributed by atoms with Crippen LogP contribution in [0.5, 0.6) is 0 Å². The number of nitrogens with zero attached hydrogens (tertiary/aromatic N) is 3. The minimum atomic E-state index is -0.152. The third-order valence-electron chi connectivity index (χ3n) is 4.56. The molecule has 5 nitrogen and oxygen atoms in total. The van der Waals surface area contributed by atoms with E-state index in [0.29, 0.717) is 12.3 Å². The van der Waals surface area contributed by atoms with Crippen LogP contribution in [0.15, 0.2) is 29.3 Å². The molecule has 0 amide bonds. The summed E-state index contributed by atoms with van der Waals surface area (Å²) in [6.45, 7) is 5.62. The maximum Gasteiger partial charge on any atom is 0.193 e. The second kappa shape index (κ2) is 10.2. The predicted molar refractivity (Wildman–Crippen MR) is 111 cm³/mol. The van der Waals surface area contributed by atoms with Gasteiger partial charge in [-0.15, -0.1) is 24.0 Å². The molecule has 1 aliphatic heterocycles. The number of ether oxygens (including phenoxy) is 1. The molecule has 7 heteroatoms. The van der Waals surface area contributed by atoms with Crippen LogP contribution >= 0.6 is 24.0 Å². The second-order valence-electron chi connectivity index (χ2n) is 6.42. The van der Waals surface area contributed by atoms with Gasteiger partial charge in [0.2, 0.25) is 0 Å². The van der Waals surface area contributed by atoms with Crippen LogP contribution in [0.2, 0.25) is 0 Å². The lowest BCUT2D eigenvalue weighted by Crippen LogP contribution is -2.53. The molecule has 1 aromatic rings. The van der Waals surface area contributed by atoms with Crippen molar-refractivity contribution in [2.45, 2.75) is 12.8 Å². The highest BCUT2D eigenvalue weighted by Gasteiger charge is 2.22. The van der Waals surface area contributed by atoms with Gasteiger partial charge in [-0.2, -0.15) is 0 Å². The molecule has 1 N–H and O–H groups in total. The molecular formula is C18H28FIN4O. The standard InChI is InChI=1S/C18H27FN4O.HI/c1-20-18(21-8-13-24-14-15-6-7-15)23-11-9-22(10-12-23)17-5-3-2-4-16(17)19;/h2-5,15H,6-14H2,1H3,(H,20,21);1H. The van der Waals surface area contributed by atoms with Crippen molar-refractivity contribution in [2.24, 2.45) is 10.9 Å². The van der Waals surface area contributed by atoms with Crippen LogP contribution in [0.4, 0.5) is 10.1 Å². The number of piperazine rings is 1. The number of rotatable bonds is 6. The van der Waals surface area contributed by atoms with Crippen molar-refractivity contribution in [1.82, 2.24) is 10.2 Å². The van der Waals surface area contributed by atoms with Crippen molar-refractivity contribution in [3.05, 3.63) is 30.1 Å².